The van der Waals surface area contributed by atoms with Gasteiger partial charge < -0.3 is 10.2 Å². The maximum absolute atomic E-state index is 13.3. The zero-order valence-corrected chi connectivity index (χ0v) is 13.6. The minimum Gasteiger partial charge on any atom is -0.324 e. The predicted molar refractivity (Wildman–Crippen MR) is 92.8 cm³/mol. The molecule has 7 heteroatoms. The highest BCUT2D eigenvalue weighted by Crippen LogP contribution is 2.26. The largest absolute Gasteiger partial charge is 0.324 e. The Morgan fingerprint density at radius 2 is 1.88 bits per heavy atom. The van der Waals surface area contributed by atoms with E-state index in [0.29, 0.717) is 18.6 Å². The van der Waals surface area contributed by atoms with Crippen molar-refractivity contribution >= 4 is 22.8 Å². The standard InChI is InChI=1S/C18H18FN5O/c19-13-6-7-17-16(12-13)21-22-24(17)15-8-10-23(11-9-15)18(25)20-14-4-2-1-3-5-14/h1-7,12,15H,8-11H2,(H,20,25). The average molecular weight is 339 g/mol. The topological polar surface area (TPSA) is 63.1 Å². The van der Waals surface area contributed by atoms with Gasteiger partial charge in [0.2, 0.25) is 0 Å². The van der Waals surface area contributed by atoms with Gasteiger partial charge in [0, 0.05) is 24.8 Å². The monoisotopic (exact) mass is 339 g/mol. The second kappa shape index (κ2) is 6.51. The van der Waals surface area contributed by atoms with Crippen molar-refractivity contribution in [3.05, 3.63) is 54.3 Å². The Morgan fingerprint density at radius 3 is 2.64 bits per heavy atom. The van der Waals surface area contributed by atoms with Gasteiger partial charge >= 0.3 is 6.03 Å². The molecule has 128 valence electrons. The molecule has 0 radical (unpaired) electrons. The molecule has 1 saturated heterocycles. The number of hydrogen-bond donors (Lipinski definition) is 1. The van der Waals surface area contributed by atoms with Crippen molar-refractivity contribution in [1.29, 1.82) is 0 Å². The van der Waals surface area contributed by atoms with Gasteiger partial charge in [-0.25, -0.2) is 13.9 Å². The molecule has 4 rings (SSSR count). The second-order valence-corrected chi connectivity index (χ2v) is 6.18. The Balaban J connectivity index is 1.41. The minimum absolute atomic E-state index is 0.0878. The SMILES string of the molecule is O=C(Nc1ccccc1)N1CCC(n2nnc3cc(F)ccc32)CC1. The molecule has 1 fully saturated rings. The van der Waals surface area contributed by atoms with Crippen LogP contribution in [0.3, 0.4) is 0 Å². The number of halogens is 1. The molecule has 0 aliphatic carbocycles. The first-order valence-electron chi connectivity index (χ1n) is 8.32. The van der Waals surface area contributed by atoms with Gasteiger partial charge in [0.05, 0.1) is 11.6 Å². The lowest BCUT2D eigenvalue weighted by Crippen LogP contribution is -2.41. The lowest BCUT2D eigenvalue weighted by Gasteiger charge is -2.32. The van der Waals surface area contributed by atoms with Crippen molar-refractivity contribution in [3.63, 3.8) is 0 Å². The van der Waals surface area contributed by atoms with Crippen LogP contribution < -0.4 is 5.32 Å². The van der Waals surface area contributed by atoms with Crippen molar-refractivity contribution in [2.45, 2.75) is 18.9 Å². The third kappa shape index (κ3) is 3.17. The van der Waals surface area contributed by atoms with Crippen LogP contribution in [-0.2, 0) is 0 Å². The number of amides is 2. The second-order valence-electron chi connectivity index (χ2n) is 6.18. The summed E-state index contributed by atoms with van der Waals surface area (Å²) < 4.78 is 15.1. The van der Waals surface area contributed by atoms with E-state index in [1.807, 2.05) is 39.9 Å². The maximum Gasteiger partial charge on any atom is 0.321 e. The van der Waals surface area contributed by atoms with Crippen molar-refractivity contribution in [3.8, 4) is 0 Å². The number of carbonyl (C=O) groups is 1. The number of urea groups is 1. The number of fused-ring (bicyclic) bond motifs is 1. The molecular formula is C18H18FN5O. The van der Waals surface area contributed by atoms with Gasteiger partial charge in [-0.3, -0.25) is 0 Å². The third-order valence-corrected chi connectivity index (χ3v) is 4.56. The van der Waals surface area contributed by atoms with E-state index in [1.165, 1.54) is 12.1 Å². The lowest BCUT2D eigenvalue weighted by atomic mass is 10.1. The fourth-order valence-electron chi connectivity index (χ4n) is 3.22. The van der Waals surface area contributed by atoms with Crippen LogP contribution in [-0.4, -0.2) is 39.0 Å². The number of likely N-dealkylation sites (tertiary alicyclic amines) is 1. The molecule has 6 nitrogen and oxygen atoms in total. The van der Waals surface area contributed by atoms with E-state index in [9.17, 15) is 9.18 Å². The number of nitrogens with one attached hydrogen (secondary N) is 1. The summed E-state index contributed by atoms with van der Waals surface area (Å²) in [7, 11) is 0. The Morgan fingerprint density at radius 1 is 1.12 bits per heavy atom. The first-order valence-corrected chi connectivity index (χ1v) is 8.32. The number of aromatic nitrogens is 3. The molecule has 3 aromatic rings. The Bertz CT molecular complexity index is 887. The molecule has 25 heavy (non-hydrogen) atoms. The maximum atomic E-state index is 13.3. The normalized spacial score (nSPS) is 15.5. The molecule has 0 bridgehead atoms. The van der Waals surface area contributed by atoms with Gasteiger partial charge in [-0.1, -0.05) is 23.4 Å². The first kappa shape index (κ1) is 15.6. The zero-order chi connectivity index (χ0) is 17.2. The molecule has 1 aliphatic heterocycles. The highest BCUT2D eigenvalue weighted by Gasteiger charge is 2.25. The fraction of sp³-hybridized carbons (Fsp3) is 0.278. The Kier molecular flexibility index (Phi) is 4.05. The number of hydrogen-bond acceptors (Lipinski definition) is 3. The molecular weight excluding hydrogens is 321 g/mol. The number of anilines is 1. The molecule has 1 aromatic heterocycles. The molecule has 1 N–H and O–H groups in total. The molecule has 2 aromatic carbocycles. The smallest absolute Gasteiger partial charge is 0.321 e. The van der Waals surface area contributed by atoms with E-state index in [1.54, 1.807) is 6.07 Å². The summed E-state index contributed by atoms with van der Waals surface area (Å²) in [4.78, 5) is 14.2. The van der Waals surface area contributed by atoms with Crippen LogP contribution in [0, 0.1) is 5.82 Å². The summed E-state index contributed by atoms with van der Waals surface area (Å²) >= 11 is 0. The van der Waals surface area contributed by atoms with Crippen molar-refractivity contribution in [2.24, 2.45) is 0 Å². The van der Waals surface area contributed by atoms with Gasteiger partial charge in [-0.15, -0.1) is 5.10 Å². The van der Waals surface area contributed by atoms with Crippen LogP contribution in [0.25, 0.3) is 11.0 Å². The lowest BCUT2D eigenvalue weighted by molar-refractivity contribution is 0.181. The highest BCUT2D eigenvalue weighted by molar-refractivity contribution is 5.89. The summed E-state index contributed by atoms with van der Waals surface area (Å²) in [6, 6.07) is 14.0. The molecule has 0 saturated carbocycles. The van der Waals surface area contributed by atoms with Gasteiger partial charge in [0.1, 0.15) is 11.3 Å². The summed E-state index contributed by atoms with van der Waals surface area (Å²) in [6.45, 7) is 1.29. The van der Waals surface area contributed by atoms with E-state index in [2.05, 4.69) is 15.6 Å². The van der Waals surface area contributed by atoms with Gasteiger partial charge in [-0.2, -0.15) is 0 Å². The van der Waals surface area contributed by atoms with E-state index >= 15 is 0 Å². The summed E-state index contributed by atoms with van der Waals surface area (Å²) in [5.41, 5.74) is 2.18. The van der Waals surface area contributed by atoms with E-state index in [0.717, 1.165) is 24.0 Å². The minimum atomic E-state index is -0.313. The van der Waals surface area contributed by atoms with Crippen LogP contribution >= 0.6 is 0 Å². The summed E-state index contributed by atoms with van der Waals surface area (Å²) in [5, 5.41) is 11.1. The van der Waals surface area contributed by atoms with Crippen LogP contribution in [0.4, 0.5) is 14.9 Å². The number of rotatable bonds is 2. The number of carbonyl (C=O) groups excluding carboxylic acids is 1. The summed E-state index contributed by atoms with van der Waals surface area (Å²) in [6.07, 6.45) is 1.58. The molecule has 2 heterocycles. The highest BCUT2D eigenvalue weighted by atomic mass is 19.1. The summed E-state index contributed by atoms with van der Waals surface area (Å²) in [5.74, 6) is -0.313. The van der Waals surface area contributed by atoms with Crippen LogP contribution in [0.5, 0.6) is 0 Å². The molecule has 0 atom stereocenters. The average Bonchev–Trinajstić information content (AvgIpc) is 3.05. The Labute approximate surface area is 144 Å². The van der Waals surface area contributed by atoms with Gasteiger partial charge in [-0.05, 0) is 37.1 Å². The third-order valence-electron chi connectivity index (χ3n) is 4.56. The number of nitrogens with zero attached hydrogens (tertiary/aromatic N) is 4. The molecule has 1 aliphatic rings. The van der Waals surface area contributed by atoms with E-state index in [-0.39, 0.29) is 17.9 Å². The molecule has 2 amide bonds. The quantitative estimate of drug-likeness (QED) is 0.778. The van der Waals surface area contributed by atoms with Crippen molar-refractivity contribution in [2.75, 3.05) is 18.4 Å². The molecule has 0 spiro atoms. The number of benzene rings is 2. The Hall–Kier alpha value is -2.96. The molecule has 0 unspecified atom stereocenters. The van der Waals surface area contributed by atoms with Crippen molar-refractivity contribution < 1.29 is 9.18 Å². The van der Waals surface area contributed by atoms with Crippen molar-refractivity contribution in [1.82, 2.24) is 19.9 Å². The van der Waals surface area contributed by atoms with Crippen LogP contribution in [0.1, 0.15) is 18.9 Å². The van der Waals surface area contributed by atoms with Crippen LogP contribution in [0.2, 0.25) is 0 Å². The van der Waals surface area contributed by atoms with E-state index in [4.69, 9.17) is 0 Å². The predicted octanol–water partition coefficient (Wildman–Crippen LogP) is 3.44. The number of piperidine rings is 1. The zero-order valence-electron chi connectivity index (χ0n) is 13.6. The van der Waals surface area contributed by atoms with Gasteiger partial charge in [0.25, 0.3) is 0 Å². The van der Waals surface area contributed by atoms with Gasteiger partial charge in [0.15, 0.2) is 0 Å². The first-order chi connectivity index (χ1) is 12.2. The fourth-order valence-corrected chi connectivity index (χ4v) is 3.22. The number of para-hydroxylation sites is 1. The van der Waals surface area contributed by atoms with E-state index < -0.39 is 0 Å². The van der Waals surface area contributed by atoms with Crippen LogP contribution in [0.15, 0.2) is 48.5 Å².